The highest BCUT2D eigenvalue weighted by Gasteiger charge is 2.29. The Morgan fingerprint density at radius 2 is 1.89 bits per heavy atom. The van der Waals surface area contributed by atoms with E-state index in [9.17, 15) is 9.90 Å². The molecular formula is C26H21BrN4O2S2. The molecule has 9 heteroatoms. The summed E-state index contributed by atoms with van der Waals surface area (Å²) in [5, 5.41) is 15.4. The van der Waals surface area contributed by atoms with E-state index in [1.54, 1.807) is 0 Å². The summed E-state index contributed by atoms with van der Waals surface area (Å²) in [5.74, 6) is -0.246. The molecule has 1 aliphatic heterocycles. The third-order valence-electron chi connectivity index (χ3n) is 6.41. The van der Waals surface area contributed by atoms with Crippen molar-refractivity contribution in [1.82, 2.24) is 9.55 Å². The highest BCUT2D eigenvalue weighted by atomic mass is 79.9. The number of hydrogen-bond donors (Lipinski definition) is 1. The molecule has 6 nitrogen and oxygen atoms in total. The van der Waals surface area contributed by atoms with E-state index in [-0.39, 0.29) is 17.8 Å². The van der Waals surface area contributed by atoms with Crippen molar-refractivity contribution in [3.05, 3.63) is 78.6 Å². The van der Waals surface area contributed by atoms with Gasteiger partial charge in [-0.1, -0.05) is 76.9 Å². The average molecular weight is 566 g/mol. The Hall–Kier alpha value is -2.88. The lowest BCUT2D eigenvalue weighted by Gasteiger charge is -2.23. The van der Waals surface area contributed by atoms with E-state index < -0.39 is 0 Å². The molecule has 1 N–H and O–H groups in total. The Balaban J connectivity index is 1.53. The van der Waals surface area contributed by atoms with E-state index in [4.69, 9.17) is 9.98 Å². The van der Waals surface area contributed by atoms with Gasteiger partial charge >= 0.3 is 0 Å². The monoisotopic (exact) mass is 564 g/mol. The molecule has 4 aromatic rings. The molecule has 2 aromatic heterocycles. The largest absolute Gasteiger partial charge is 0.493 e. The number of halogens is 1. The summed E-state index contributed by atoms with van der Waals surface area (Å²) in [4.78, 5) is 27.9. The van der Waals surface area contributed by atoms with E-state index in [1.807, 2.05) is 58.5 Å². The third-order valence-corrected chi connectivity index (χ3v) is 8.70. The first-order valence-electron chi connectivity index (χ1n) is 11.5. The van der Waals surface area contributed by atoms with E-state index in [2.05, 4.69) is 20.9 Å². The minimum absolute atomic E-state index is 0.0897. The van der Waals surface area contributed by atoms with Crippen LogP contribution in [0.1, 0.15) is 43.0 Å². The number of aromatic nitrogens is 2. The van der Waals surface area contributed by atoms with Crippen LogP contribution < -0.4 is 15.4 Å². The fraction of sp³-hybridized carbons (Fsp3) is 0.231. The lowest BCUT2D eigenvalue weighted by molar-refractivity contribution is -0.112. The maximum Gasteiger partial charge on any atom is 0.279 e. The first-order valence-corrected chi connectivity index (χ1v) is 14.0. The van der Waals surface area contributed by atoms with Gasteiger partial charge in [0.2, 0.25) is 11.0 Å². The molecule has 0 bridgehead atoms. The van der Waals surface area contributed by atoms with Gasteiger partial charge in [-0.2, -0.15) is 4.99 Å². The Kier molecular flexibility index (Phi) is 5.99. The van der Waals surface area contributed by atoms with Crippen molar-refractivity contribution in [2.45, 2.75) is 38.1 Å². The van der Waals surface area contributed by atoms with Gasteiger partial charge in [-0.15, -0.1) is 11.3 Å². The molecule has 1 fully saturated rings. The standard InChI is InChI=1S/C26H21BrN4O2S2/c27-16-11-12-19-18(13-16)21(23(32)28-19)22-24(33)31(17-9-5-2-6-10-17)26(35-22)30-25-29-20(14-34-25)15-7-3-1-4-8-15/h1,3-4,7-8,11-14,17,33H,2,5-6,9-10H2/b30-26+. The quantitative estimate of drug-likeness (QED) is 0.368. The predicted octanol–water partition coefficient (Wildman–Crippen LogP) is 5.24. The Labute approximate surface area is 217 Å². The molecule has 2 aliphatic rings. The average Bonchev–Trinajstić information content (AvgIpc) is 3.55. The van der Waals surface area contributed by atoms with Crippen LogP contribution in [0.25, 0.3) is 16.8 Å². The zero-order valence-electron chi connectivity index (χ0n) is 18.6. The van der Waals surface area contributed by atoms with Gasteiger partial charge in [0, 0.05) is 26.7 Å². The number of aromatic hydroxyl groups is 1. The van der Waals surface area contributed by atoms with E-state index in [1.165, 1.54) is 29.1 Å². The maximum atomic E-state index is 12.9. The van der Waals surface area contributed by atoms with Gasteiger partial charge < -0.3 is 5.11 Å². The molecule has 6 rings (SSSR count). The predicted molar refractivity (Wildman–Crippen MR) is 141 cm³/mol. The zero-order chi connectivity index (χ0) is 23.9. The van der Waals surface area contributed by atoms with Crippen LogP contribution in [-0.2, 0) is 4.79 Å². The first-order chi connectivity index (χ1) is 17.1. The summed E-state index contributed by atoms with van der Waals surface area (Å²) < 4.78 is 2.77. The van der Waals surface area contributed by atoms with Crippen LogP contribution in [0.5, 0.6) is 5.88 Å². The number of thiazole rings is 2. The van der Waals surface area contributed by atoms with Crippen molar-refractivity contribution in [2.24, 2.45) is 9.98 Å². The number of carbonyl (C=O) groups excluding carboxylic acids is 1. The van der Waals surface area contributed by atoms with Crippen molar-refractivity contribution in [1.29, 1.82) is 0 Å². The minimum atomic E-state index is -0.336. The zero-order valence-corrected chi connectivity index (χ0v) is 21.9. The van der Waals surface area contributed by atoms with Crippen molar-refractivity contribution < 1.29 is 9.90 Å². The molecule has 1 aliphatic carbocycles. The van der Waals surface area contributed by atoms with Crippen molar-refractivity contribution >= 4 is 55.2 Å². The van der Waals surface area contributed by atoms with Gasteiger partial charge in [-0.05, 0) is 31.0 Å². The molecule has 0 spiro atoms. The Bertz CT molecular complexity index is 1630. The third kappa shape index (κ3) is 4.22. The highest BCUT2D eigenvalue weighted by Crippen LogP contribution is 2.36. The summed E-state index contributed by atoms with van der Waals surface area (Å²) in [6, 6.07) is 15.7. The van der Waals surface area contributed by atoms with Gasteiger partial charge in [-0.25, -0.2) is 9.98 Å². The summed E-state index contributed by atoms with van der Waals surface area (Å²) in [7, 11) is 0. The maximum absolute atomic E-state index is 12.9. The van der Waals surface area contributed by atoms with Crippen LogP contribution in [0.3, 0.4) is 0 Å². The lowest BCUT2D eigenvalue weighted by Crippen LogP contribution is -2.23. The van der Waals surface area contributed by atoms with Crippen LogP contribution in [0, 0.1) is 0 Å². The van der Waals surface area contributed by atoms with Gasteiger partial charge in [0.05, 0.1) is 16.6 Å². The molecular weight excluding hydrogens is 544 g/mol. The molecule has 2 aromatic carbocycles. The topological polar surface area (TPSA) is 79.8 Å². The van der Waals surface area contributed by atoms with Crippen LogP contribution in [0.4, 0.5) is 5.13 Å². The second kappa shape index (κ2) is 9.29. The highest BCUT2D eigenvalue weighted by molar-refractivity contribution is 9.10. The van der Waals surface area contributed by atoms with E-state index in [0.717, 1.165) is 46.6 Å². The molecule has 0 atom stereocenters. The summed E-state index contributed by atoms with van der Waals surface area (Å²) >= 11 is 6.29. The SMILES string of the molecule is O=C1N=c2ccc(Br)cc2=C1c1s/c(=N/c2nc(-c3ccccc3)cs2)n(C2CCCCC2)c1O. The Morgan fingerprint density at radius 1 is 1.09 bits per heavy atom. The minimum Gasteiger partial charge on any atom is -0.493 e. The molecule has 35 heavy (non-hydrogen) atoms. The molecule has 176 valence electrons. The van der Waals surface area contributed by atoms with Gasteiger partial charge in [0.15, 0.2) is 4.80 Å². The van der Waals surface area contributed by atoms with Crippen molar-refractivity contribution in [3.8, 4) is 17.1 Å². The van der Waals surface area contributed by atoms with Crippen LogP contribution in [0.2, 0.25) is 0 Å². The second-order valence-corrected chi connectivity index (χ2v) is 11.4. The lowest BCUT2D eigenvalue weighted by atomic mass is 9.95. The Morgan fingerprint density at radius 3 is 2.69 bits per heavy atom. The normalized spacial score (nSPS) is 16.5. The summed E-state index contributed by atoms with van der Waals surface area (Å²) in [6.07, 6.45) is 5.36. The number of benzene rings is 2. The second-order valence-electron chi connectivity index (χ2n) is 8.65. The molecule has 3 heterocycles. The number of fused-ring (bicyclic) bond motifs is 1. The number of amides is 1. The van der Waals surface area contributed by atoms with Crippen LogP contribution in [0.15, 0.2) is 68.4 Å². The fourth-order valence-electron chi connectivity index (χ4n) is 4.74. The van der Waals surface area contributed by atoms with Gasteiger partial charge in [0.1, 0.15) is 4.88 Å². The smallest absolute Gasteiger partial charge is 0.279 e. The molecule has 0 unspecified atom stereocenters. The molecule has 0 saturated heterocycles. The fourth-order valence-corrected chi connectivity index (χ4v) is 6.99. The van der Waals surface area contributed by atoms with Crippen LogP contribution in [-0.4, -0.2) is 20.6 Å². The number of rotatable bonds is 4. The molecule has 1 saturated carbocycles. The number of hydrogen-bond acceptors (Lipinski definition) is 6. The van der Waals surface area contributed by atoms with Gasteiger partial charge in [-0.3, -0.25) is 9.36 Å². The van der Waals surface area contributed by atoms with Crippen molar-refractivity contribution in [3.63, 3.8) is 0 Å². The van der Waals surface area contributed by atoms with E-state index >= 15 is 0 Å². The molecule has 1 amide bonds. The van der Waals surface area contributed by atoms with Crippen LogP contribution >= 0.6 is 38.6 Å². The van der Waals surface area contributed by atoms with E-state index in [0.29, 0.717) is 25.7 Å². The molecule has 0 radical (unpaired) electrons. The summed E-state index contributed by atoms with van der Waals surface area (Å²) in [6.45, 7) is 0. The summed E-state index contributed by atoms with van der Waals surface area (Å²) in [5.41, 5.74) is 2.34. The number of carbonyl (C=O) groups is 1. The van der Waals surface area contributed by atoms with Gasteiger partial charge in [0.25, 0.3) is 5.91 Å². The first kappa shape index (κ1) is 22.6. The number of nitrogens with zero attached hydrogens (tertiary/aromatic N) is 4. The van der Waals surface area contributed by atoms with Crippen molar-refractivity contribution in [2.75, 3.05) is 0 Å².